The Labute approximate surface area is 55.8 Å². The zero-order chi connectivity index (χ0) is 6.85. The van der Waals surface area contributed by atoms with Crippen molar-refractivity contribution < 1.29 is 4.39 Å². The van der Waals surface area contributed by atoms with Crippen LogP contribution in [0.3, 0.4) is 0 Å². The summed E-state index contributed by atoms with van der Waals surface area (Å²) in [5.74, 6) is 0.819. The molecule has 0 spiro atoms. The maximum atomic E-state index is 12.7. The number of halogens is 1. The van der Waals surface area contributed by atoms with Crippen molar-refractivity contribution in [1.82, 2.24) is 0 Å². The molecule has 0 amide bonds. The van der Waals surface area contributed by atoms with Gasteiger partial charge in [0, 0.05) is 5.92 Å². The Bertz CT molecular complexity index is 127. The van der Waals surface area contributed by atoms with Crippen LogP contribution in [-0.4, -0.2) is 0 Å². The molecule has 0 saturated carbocycles. The summed E-state index contributed by atoms with van der Waals surface area (Å²) in [7, 11) is 0. The molecular formula is C8H13F. The molecule has 0 heterocycles. The van der Waals surface area contributed by atoms with E-state index in [1.54, 1.807) is 6.08 Å². The van der Waals surface area contributed by atoms with Gasteiger partial charge in [-0.3, -0.25) is 0 Å². The van der Waals surface area contributed by atoms with E-state index in [1.165, 1.54) is 0 Å². The van der Waals surface area contributed by atoms with E-state index >= 15 is 0 Å². The highest BCUT2D eigenvalue weighted by Crippen LogP contribution is 2.32. The molecule has 2 atom stereocenters. The normalized spacial score (nSPS) is 34.8. The standard InChI is InChI=1S/C8H13F/c1-3-7-4-6(2)5-8(7)9/h5-7H,3-4H2,1-2H3/t6-,7?/m0/s1. The Morgan fingerprint density at radius 1 is 1.78 bits per heavy atom. The van der Waals surface area contributed by atoms with Gasteiger partial charge in [-0.1, -0.05) is 13.8 Å². The smallest absolute Gasteiger partial charge is 0.0993 e. The first kappa shape index (κ1) is 6.79. The van der Waals surface area contributed by atoms with Crippen LogP contribution in [0, 0.1) is 11.8 Å². The molecule has 0 saturated heterocycles. The van der Waals surface area contributed by atoms with Gasteiger partial charge in [-0.2, -0.15) is 0 Å². The molecule has 1 rings (SSSR count). The zero-order valence-electron chi connectivity index (χ0n) is 6.02. The molecule has 0 aromatic carbocycles. The van der Waals surface area contributed by atoms with Gasteiger partial charge in [0.1, 0.15) is 0 Å². The van der Waals surface area contributed by atoms with Crippen molar-refractivity contribution in [2.75, 3.05) is 0 Å². The molecule has 0 N–H and O–H groups in total. The molecular weight excluding hydrogens is 115 g/mol. The summed E-state index contributed by atoms with van der Waals surface area (Å²) >= 11 is 0. The Kier molecular flexibility index (Phi) is 1.89. The van der Waals surface area contributed by atoms with Gasteiger partial charge in [-0.25, -0.2) is 4.39 Å². The van der Waals surface area contributed by atoms with E-state index < -0.39 is 0 Å². The van der Waals surface area contributed by atoms with Crippen molar-refractivity contribution >= 4 is 0 Å². The van der Waals surface area contributed by atoms with Gasteiger partial charge in [0.05, 0.1) is 5.83 Å². The minimum Gasteiger partial charge on any atom is -0.212 e. The van der Waals surface area contributed by atoms with E-state index in [2.05, 4.69) is 6.92 Å². The van der Waals surface area contributed by atoms with Crippen LogP contribution in [0.25, 0.3) is 0 Å². The number of hydrogen-bond donors (Lipinski definition) is 0. The number of hydrogen-bond acceptors (Lipinski definition) is 0. The van der Waals surface area contributed by atoms with E-state index in [0.717, 1.165) is 12.8 Å². The summed E-state index contributed by atoms with van der Waals surface area (Å²) in [4.78, 5) is 0. The second-order valence-corrected chi connectivity index (χ2v) is 2.87. The maximum absolute atomic E-state index is 12.7. The van der Waals surface area contributed by atoms with Crippen molar-refractivity contribution in [3.05, 3.63) is 11.9 Å². The molecule has 1 unspecified atom stereocenters. The quantitative estimate of drug-likeness (QED) is 0.509. The van der Waals surface area contributed by atoms with Gasteiger partial charge >= 0.3 is 0 Å². The maximum Gasteiger partial charge on any atom is 0.0993 e. The molecule has 1 aliphatic carbocycles. The summed E-state index contributed by atoms with van der Waals surface area (Å²) in [5, 5.41) is 0. The highest BCUT2D eigenvalue weighted by Gasteiger charge is 2.21. The SMILES string of the molecule is CCC1C[C@H](C)C=C1F. The molecule has 52 valence electrons. The fourth-order valence-electron chi connectivity index (χ4n) is 1.40. The van der Waals surface area contributed by atoms with Crippen LogP contribution in [0.1, 0.15) is 26.7 Å². The largest absolute Gasteiger partial charge is 0.212 e. The average Bonchev–Trinajstić information content (AvgIpc) is 2.10. The number of rotatable bonds is 1. The third-order valence-corrected chi connectivity index (χ3v) is 1.98. The monoisotopic (exact) mass is 128 g/mol. The van der Waals surface area contributed by atoms with E-state index in [9.17, 15) is 4.39 Å². The lowest BCUT2D eigenvalue weighted by atomic mass is 10.0. The van der Waals surface area contributed by atoms with Gasteiger partial charge in [-0.15, -0.1) is 0 Å². The van der Waals surface area contributed by atoms with Gasteiger partial charge in [0.2, 0.25) is 0 Å². The Morgan fingerprint density at radius 3 is 2.67 bits per heavy atom. The minimum absolute atomic E-state index is 0.116. The average molecular weight is 128 g/mol. The van der Waals surface area contributed by atoms with E-state index in [1.807, 2.05) is 6.92 Å². The molecule has 9 heavy (non-hydrogen) atoms. The van der Waals surface area contributed by atoms with E-state index in [4.69, 9.17) is 0 Å². The highest BCUT2D eigenvalue weighted by molar-refractivity contribution is 5.07. The second kappa shape index (κ2) is 2.51. The molecule has 0 aliphatic heterocycles. The van der Waals surface area contributed by atoms with Crippen LogP contribution < -0.4 is 0 Å². The molecule has 0 bridgehead atoms. The lowest BCUT2D eigenvalue weighted by Crippen LogP contribution is -1.94. The van der Waals surface area contributed by atoms with Crippen molar-refractivity contribution in [2.45, 2.75) is 26.7 Å². The van der Waals surface area contributed by atoms with E-state index in [-0.39, 0.29) is 11.7 Å². The molecule has 0 fully saturated rings. The van der Waals surface area contributed by atoms with Crippen LogP contribution in [0.5, 0.6) is 0 Å². The fourth-order valence-corrected chi connectivity index (χ4v) is 1.40. The van der Waals surface area contributed by atoms with Gasteiger partial charge in [0.25, 0.3) is 0 Å². The highest BCUT2D eigenvalue weighted by atomic mass is 19.1. The second-order valence-electron chi connectivity index (χ2n) is 2.87. The third-order valence-electron chi connectivity index (χ3n) is 1.98. The van der Waals surface area contributed by atoms with Crippen LogP contribution >= 0.6 is 0 Å². The molecule has 0 radical (unpaired) electrons. The van der Waals surface area contributed by atoms with Gasteiger partial charge in [0.15, 0.2) is 0 Å². The van der Waals surface area contributed by atoms with Gasteiger partial charge < -0.3 is 0 Å². The van der Waals surface area contributed by atoms with Crippen LogP contribution in [0.4, 0.5) is 4.39 Å². The molecule has 0 aromatic heterocycles. The first-order chi connectivity index (χ1) is 4.24. The predicted molar refractivity (Wildman–Crippen MR) is 36.8 cm³/mol. The predicted octanol–water partition coefficient (Wildman–Crippen LogP) is 2.91. The van der Waals surface area contributed by atoms with Crippen molar-refractivity contribution in [3.63, 3.8) is 0 Å². The summed E-state index contributed by atoms with van der Waals surface area (Å²) in [6.07, 6.45) is 3.71. The summed E-state index contributed by atoms with van der Waals surface area (Å²) < 4.78 is 12.7. The first-order valence-electron chi connectivity index (χ1n) is 3.61. The Balaban J connectivity index is 2.53. The van der Waals surface area contributed by atoms with Crippen LogP contribution in [-0.2, 0) is 0 Å². The van der Waals surface area contributed by atoms with Crippen LogP contribution in [0.2, 0.25) is 0 Å². The minimum atomic E-state index is 0.116. The molecule has 0 nitrogen and oxygen atoms in total. The summed E-state index contributed by atoms with van der Waals surface area (Å²) in [6, 6.07) is 0. The fraction of sp³-hybridized carbons (Fsp3) is 0.750. The van der Waals surface area contributed by atoms with Crippen molar-refractivity contribution in [3.8, 4) is 0 Å². The number of allylic oxidation sites excluding steroid dienone is 2. The molecule has 1 heteroatoms. The lowest BCUT2D eigenvalue weighted by Gasteiger charge is -2.04. The summed E-state index contributed by atoms with van der Waals surface area (Å²) in [6.45, 7) is 4.10. The molecule has 0 aromatic rings. The molecule has 1 aliphatic rings. The summed E-state index contributed by atoms with van der Waals surface area (Å²) in [5.41, 5.74) is 0. The first-order valence-corrected chi connectivity index (χ1v) is 3.61. The Morgan fingerprint density at radius 2 is 2.44 bits per heavy atom. The van der Waals surface area contributed by atoms with E-state index in [0.29, 0.717) is 5.92 Å². The van der Waals surface area contributed by atoms with Crippen molar-refractivity contribution in [2.24, 2.45) is 11.8 Å². The Hall–Kier alpha value is -0.330. The van der Waals surface area contributed by atoms with Crippen molar-refractivity contribution in [1.29, 1.82) is 0 Å². The lowest BCUT2D eigenvalue weighted by molar-refractivity contribution is 0.444. The van der Waals surface area contributed by atoms with Crippen LogP contribution in [0.15, 0.2) is 11.9 Å². The zero-order valence-corrected chi connectivity index (χ0v) is 6.02. The topological polar surface area (TPSA) is 0 Å². The third kappa shape index (κ3) is 1.32. The van der Waals surface area contributed by atoms with Gasteiger partial charge in [-0.05, 0) is 24.8 Å².